The van der Waals surface area contributed by atoms with Gasteiger partial charge in [0.2, 0.25) is 5.96 Å². The minimum Gasteiger partial charge on any atom is -0.369 e. The highest BCUT2D eigenvalue weighted by molar-refractivity contribution is 5.99. The molecule has 22 heavy (non-hydrogen) atoms. The van der Waals surface area contributed by atoms with Crippen molar-refractivity contribution in [3.8, 4) is 0 Å². The molecular formula is C15H16N6O. The van der Waals surface area contributed by atoms with Gasteiger partial charge in [0.1, 0.15) is 0 Å². The van der Waals surface area contributed by atoms with Crippen molar-refractivity contribution in [2.75, 3.05) is 10.6 Å². The van der Waals surface area contributed by atoms with Gasteiger partial charge in [-0.25, -0.2) is 10.2 Å². The van der Waals surface area contributed by atoms with Crippen LogP contribution in [0, 0.1) is 5.41 Å². The Morgan fingerprint density at radius 2 is 1.59 bits per heavy atom. The Bertz CT molecular complexity index is 666. The molecule has 0 saturated heterocycles. The fraction of sp³-hybridized carbons (Fsp3) is 0. The summed E-state index contributed by atoms with van der Waals surface area (Å²) in [5, 5.41) is 16.2. The molecule has 0 aliphatic carbocycles. The maximum atomic E-state index is 11.8. The minimum atomic E-state index is -0.314. The Kier molecular flexibility index (Phi) is 5.09. The first-order chi connectivity index (χ1) is 10.6. The number of hydrogen-bond acceptors (Lipinski definition) is 3. The van der Waals surface area contributed by atoms with Crippen LogP contribution in [-0.2, 0) is 0 Å². The summed E-state index contributed by atoms with van der Waals surface area (Å²) in [6.07, 6.45) is 1.52. The summed E-state index contributed by atoms with van der Waals surface area (Å²) in [5.74, 6) is -0.230. The van der Waals surface area contributed by atoms with Gasteiger partial charge < -0.3 is 16.4 Å². The van der Waals surface area contributed by atoms with Crippen molar-refractivity contribution in [1.29, 1.82) is 5.41 Å². The molecule has 0 aliphatic heterocycles. The Balaban J connectivity index is 1.89. The van der Waals surface area contributed by atoms with E-state index < -0.39 is 0 Å². The van der Waals surface area contributed by atoms with E-state index in [1.807, 2.05) is 18.2 Å². The average molecular weight is 296 g/mol. The normalized spacial score (nSPS) is 10.2. The van der Waals surface area contributed by atoms with Gasteiger partial charge >= 0.3 is 6.03 Å². The van der Waals surface area contributed by atoms with Crippen molar-refractivity contribution >= 4 is 29.6 Å². The summed E-state index contributed by atoms with van der Waals surface area (Å²) in [4.78, 5) is 11.8. The van der Waals surface area contributed by atoms with Crippen LogP contribution < -0.4 is 21.8 Å². The number of nitrogens with two attached hydrogens (primary N) is 1. The molecule has 0 fully saturated rings. The lowest BCUT2D eigenvalue weighted by molar-refractivity contribution is 0.262. The van der Waals surface area contributed by atoms with Crippen LogP contribution in [0.4, 0.5) is 16.2 Å². The van der Waals surface area contributed by atoms with E-state index in [1.54, 1.807) is 36.4 Å². The number of carbonyl (C=O) groups is 1. The van der Waals surface area contributed by atoms with E-state index in [9.17, 15) is 4.79 Å². The summed E-state index contributed by atoms with van der Waals surface area (Å²) in [6, 6.07) is 15.9. The zero-order valence-corrected chi connectivity index (χ0v) is 11.7. The molecule has 0 radical (unpaired) electrons. The van der Waals surface area contributed by atoms with Gasteiger partial charge in [0.15, 0.2) is 0 Å². The lowest BCUT2D eigenvalue weighted by atomic mass is 10.2. The molecule has 0 saturated carbocycles. The predicted octanol–water partition coefficient (Wildman–Crippen LogP) is 2.15. The standard InChI is InChI=1S/C15H16N6O/c16-14(17)21-18-10-11-6-8-13(9-7-11)20-15(22)19-12-4-2-1-3-5-12/h1-10H,(H4,16,17,21)(H2,19,20,22)/b18-10+. The van der Waals surface area contributed by atoms with E-state index in [2.05, 4.69) is 21.2 Å². The number of anilines is 2. The van der Waals surface area contributed by atoms with Crippen LogP contribution in [0.5, 0.6) is 0 Å². The van der Waals surface area contributed by atoms with Crippen LogP contribution >= 0.6 is 0 Å². The Labute approximate surface area is 127 Å². The molecule has 0 atom stereocenters. The molecule has 7 nitrogen and oxygen atoms in total. The first kappa shape index (κ1) is 15.0. The number of hydrogen-bond donors (Lipinski definition) is 5. The zero-order valence-electron chi connectivity index (χ0n) is 11.7. The number of para-hydroxylation sites is 1. The van der Waals surface area contributed by atoms with Crippen molar-refractivity contribution < 1.29 is 4.79 Å². The highest BCUT2D eigenvalue weighted by Gasteiger charge is 2.01. The van der Waals surface area contributed by atoms with E-state index in [1.165, 1.54) is 6.21 Å². The molecule has 0 heterocycles. The molecule has 0 spiro atoms. The molecule has 0 unspecified atom stereocenters. The van der Waals surface area contributed by atoms with Gasteiger partial charge in [-0.2, -0.15) is 5.10 Å². The van der Waals surface area contributed by atoms with E-state index in [4.69, 9.17) is 11.1 Å². The van der Waals surface area contributed by atoms with Gasteiger partial charge in [-0.05, 0) is 29.8 Å². The Morgan fingerprint density at radius 1 is 1.00 bits per heavy atom. The third-order valence-corrected chi connectivity index (χ3v) is 2.60. The Morgan fingerprint density at radius 3 is 2.18 bits per heavy atom. The molecule has 6 N–H and O–H groups in total. The topological polar surface area (TPSA) is 115 Å². The summed E-state index contributed by atoms with van der Waals surface area (Å²) >= 11 is 0. The van der Waals surface area contributed by atoms with E-state index in [0.717, 1.165) is 11.3 Å². The Hall–Kier alpha value is -3.35. The maximum Gasteiger partial charge on any atom is 0.323 e. The SMILES string of the molecule is N=C(N)N/N=C/c1ccc(NC(=O)Nc2ccccc2)cc1. The largest absolute Gasteiger partial charge is 0.369 e. The van der Waals surface area contributed by atoms with Gasteiger partial charge in [0.25, 0.3) is 0 Å². The van der Waals surface area contributed by atoms with Crippen LogP contribution in [0.2, 0.25) is 0 Å². The number of urea groups is 1. The number of rotatable bonds is 4. The quantitative estimate of drug-likeness (QED) is 0.338. The highest BCUT2D eigenvalue weighted by atomic mass is 16.2. The molecule has 2 aromatic rings. The summed E-state index contributed by atoms with van der Waals surface area (Å²) < 4.78 is 0. The van der Waals surface area contributed by atoms with E-state index in [-0.39, 0.29) is 12.0 Å². The van der Waals surface area contributed by atoms with Gasteiger partial charge in [0.05, 0.1) is 6.21 Å². The molecule has 2 amide bonds. The second kappa shape index (κ2) is 7.44. The van der Waals surface area contributed by atoms with E-state index >= 15 is 0 Å². The number of hydrazone groups is 1. The van der Waals surface area contributed by atoms with Crippen LogP contribution in [0.15, 0.2) is 59.7 Å². The molecule has 112 valence electrons. The average Bonchev–Trinajstić information content (AvgIpc) is 2.49. The number of guanidine groups is 1. The van der Waals surface area contributed by atoms with Gasteiger partial charge in [0, 0.05) is 11.4 Å². The number of benzene rings is 2. The number of nitrogens with one attached hydrogen (secondary N) is 4. The fourth-order valence-electron chi connectivity index (χ4n) is 1.64. The summed E-state index contributed by atoms with van der Waals surface area (Å²) in [5.41, 5.74) is 9.61. The van der Waals surface area contributed by atoms with Gasteiger partial charge in [-0.1, -0.05) is 30.3 Å². The molecule has 0 aromatic heterocycles. The zero-order chi connectivity index (χ0) is 15.8. The third-order valence-electron chi connectivity index (χ3n) is 2.60. The van der Waals surface area contributed by atoms with Crippen molar-refractivity contribution in [3.05, 3.63) is 60.2 Å². The molecule has 2 aromatic carbocycles. The number of carbonyl (C=O) groups excluding carboxylic acids is 1. The molecular weight excluding hydrogens is 280 g/mol. The fourth-order valence-corrected chi connectivity index (χ4v) is 1.64. The van der Waals surface area contributed by atoms with Crippen molar-refractivity contribution in [2.45, 2.75) is 0 Å². The third kappa shape index (κ3) is 4.97. The first-order valence-corrected chi connectivity index (χ1v) is 6.50. The van der Waals surface area contributed by atoms with Crippen molar-refractivity contribution in [1.82, 2.24) is 5.43 Å². The smallest absolute Gasteiger partial charge is 0.323 e. The van der Waals surface area contributed by atoms with Crippen LogP contribution in [0.3, 0.4) is 0 Å². The molecule has 7 heteroatoms. The molecule has 0 bridgehead atoms. The maximum absolute atomic E-state index is 11.8. The van der Waals surface area contributed by atoms with Gasteiger partial charge in [-0.3, -0.25) is 5.41 Å². The predicted molar refractivity (Wildman–Crippen MR) is 88.2 cm³/mol. The van der Waals surface area contributed by atoms with Crippen molar-refractivity contribution in [3.63, 3.8) is 0 Å². The van der Waals surface area contributed by atoms with E-state index in [0.29, 0.717) is 5.69 Å². The monoisotopic (exact) mass is 296 g/mol. The van der Waals surface area contributed by atoms with Crippen LogP contribution in [0.1, 0.15) is 5.56 Å². The number of amides is 2. The van der Waals surface area contributed by atoms with Gasteiger partial charge in [-0.15, -0.1) is 0 Å². The van der Waals surface area contributed by atoms with Crippen LogP contribution in [-0.4, -0.2) is 18.2 Å². The van der Waals surface area contributed by atoms with Crippen LogP contribution in [0.25, 0.3) is 0 Å². The second-order valence-corrected chi connectivity index (χ2v) is 4.35. The molecule has 2 rings (SSSR count). The lowest BCUT2D eigenvalue weighted by Gasteiger charge is -2.07. The summed E-state index contributed by atoms with van der Waals surface area (Å²) in [7, 11) is 0. The van der Waals surface area contributed by atoms with Crippen molar-refractivity contribution in [2.24, 2.45) is 10.8 Å². The first-order valence-electron chi connectivity index (χ1n) is 6.50. The minimum absolute atomic E-state index is 0.230. The second-order valence-electron chi connectivity index (χ2n) is 4.35. The summed E-state index contributed by atoms with van der Waals surface area (Å²) in [6.45, 7) is 0. The number of nitrogens with zero attached hydrogens (tertiary/aromatic N) is 1. The highest BCUT2D eigenvalue weighted by Crippen LogP contribution is 2.10. The molecule has 0 aliphatic rings. The lowest BCUT2D eigenvalue weighted by Crippen LogP contribution is -2.25.